The molecule has 1 heterocycles. The maximum Gasteiger partial charge on any atom is 0.257 e. The molecule has 0 saturated carbocycles. The molecule has 5 heteroatoms. The molecule has 92 valence electrons. The highest BCUT2D eigenvalue weighted by molar-refractivity contribution is 14.1. The summed E-state index contributed by atoms with van der Waals surface area (Å²) in [4.78, 5) is 16.2. The van der Waals surface area contributed by atoms with Gasteiger partial charge in [-0.2, -0.15) is 0 Å². The van der Waals surface area contributed by atoms with Crippen molar-refractivity contribution in [3.63, 3.8) is 0 Å². The zero-order valence-corrected chi connectivity index (χ0v) is 11.9. The number of nitrogens with two attached hydrogens (primary N) is 1. The third kappa shape index (κ3) is 2.98. The first kappa shape index (κ1) is 12.8. The summed E-state index contributed by atoms with van der Waals surface area (Å²) in [5.74, 6) is -0.200. The van der Waals surface area contributed by atoms with Gasteiger partial charge in [-0.3, -0.25) is 9.78 Å². The minimum absolute atomic E-state index is 0.200. The average molecular weight is 353 g/mol. The van der Waals surface area contributed by atoms with Crippen LogP contribution in [0.3, 0.4) is 0 Å². The van der Waals surface area contributed by atoms with Crippen molar-refractivity contribution in [3.8, 4) is 0 Å². The van der Waals surface area contributed by atoms with Gasteiger partial charge in [0, 0.05) is 9.26 Å². The monoisotopic (exact) mass is 353 g/mol. The highest BCUT2D eigenvalue weighted by atomic mass is 127. The number of pyridine rings is 1. The molecule has 0 aliphatic carbocycles. The standard InChI is InChI=1S/C13H12IN3O/c1-8-12(6-10(15)7-16-8)13(18)17-11-4-2-3-9(14)5-11/h2-7H,15H2,1H3,(H,17,18). The minimum Gasteiger partial charge on any atom is -0.397 e. The highest BCUT2D eigenvalue weighted by Crippen LogP contribution is 2.15. The van der Waals surface area contributed by atoms with Crippen molar-refractivity contribution in [2.75, 3.05) is 11.1 Å². The Hall–Kier alpha value is -1.63. The van der Waals surface area contributed by atoms with E-state index in [1.165, 1.54) is 6.20 Å². The zero-order valence-electron chi connectivity index (χ0n) is 9.77. The van der Waals surface area contributed by atoms with Gasteiger partial charge in [0.1, 0.15) is 0 Å². The highest BCUT2D eigenvalue weighted by Gasteiger charge is 2.10. The number of hydrogen-bond acceptors (Lipinski definition) is 3. The molecule has 2 aromatic rings. The van der Waals surface area contributed by atoms with Gasteiger partial charge in [-0.15, -0.1) is 0 Å². The predicted molar refractivity (Wildman–Crippen MR) is 80.5 cm³/mol. The summed E-state index contributed by atoms with van der Waals surface area (Å²) in [7, 11) is 0. The van der Waals surface area contributed by atoms with Crippen LogP contribution in [0.5, 0.6) is 0 Å². The maximum absolute atomic E-state index is 12.1. The molecule has 0 fully saturated rings. The van der Waals surface area contributed by atoms with Gasteiger partial charge in [0.15, 0.2) is 0 Å². The van der Waals surface area contributed by atoms with E-state index in [9.17, 15) is 4.79 Å². The molecule has 0 bridgehead atoms. The smallest absolute Gasteiger partial charge is 0.257 e. The molecule has 0 atom stereocenters. The number of amides is 1. The molecule has 0 unspecified atom stereocenters. The summed E-state index contributed by atoms with van der Waals surface area (Å²) in [6.07, 6.45) is 1.54. The van der Waals surface area contributed by atoms with Crippen molar-refractivity contribution in [1.82, 2.24) is 4.98 Å². The van der Waals surface area contributed by atoms with Crippen LogP contribution in [0.15, 0.2) is 36.5 Å². The molecule has 0 aliphatic rings. The first-order chi connectivity index (χ1) is 8.56. The molecule has 0 radical (unpaired) electrons. The lowest BCUT2D eigenvalue weighted by molar-refractivity contribution is 0.102. The van der Waals surface area contributed by atoms with E-state index >= 15 is 0 Å². The molecule has 1 amide bonds. The van der Waals surface area contributed by atoms with E-state index in [0.29, 0.717) is 16.9 Å². The van der Waals surface area contributed by atoms with Crippen LogP contribution in [0, 0.1) is 10.5 Å². The van der Waals surface area contributed by atoms with Gasteiger partial charge in [-0.25, -0.2) is 0 Å². The second kappa shape index (κ2) is 5.34. The van der Waals surface area contributed by atoms with Crippen LogP contribution in [0.4, 0.5) is 11.4 Å². The second-order valence-electron chi connectivity index (χ2n) is 3.87. The Labute approximate surface area is 119 Å². The molecule has 1 aromatic heterocycles. The number of carbonyl (C=O) groups is 1. The topological polar surface area (TPSA) is 68.0 Å². The van der Waals surface area contributed by atoms with E-state index < -0.39 is 0 Å². The summed E-state index contributed by atoms with van der Waals surface area (Å²) >= 11 is 2.20. The van der Waals surface area contributed by atoms with Crippen LogP contribution < -0.4 is 11.1 Å². The number of rotatable bonds is 2. The molecular weight excluding hydrogens is 341 g/mol. The second-order valence-corrected chi connectivity index (χ2v) is 5.11. The number of nitrogens with zero attached hydrogens (tertiary/aromatic N) is 1. The van der Waals surface area contributed by atoms with Crippen LogP contribution in [0.2, 0.25) is 0 Å². The van der Waals surface area contributed by atoms with Gasteiger partial charge in [-0.05, 0) is 53.8 Å². The van der Waals surface area contributed by atoms with E-state index in [1.807, 2.05) is 24.3 Å². The number of hydrogen-bond donors (Lipinski definition) is 2. The number of carbonyl (C=O) groups excluding carboxylic acids is 1. The summed E-state index contributed by atoms with van der Waals surface area (Å²) in [6, 6.07) is 9.22. The lowest BCUT2D eigenvalue weighted by atomic mass is 10.1. The molecule has 4 nitrogen and oxygen atoms in total. The van der Waals surface area contributed by atoms with Crippen LogP contribution in [0.1, 0.15) is 16.1 Å². The Morgan fingerprint density at radius 1 is 1.39 bits per heavy atom. The Morgan fingerprint density at radius 3 is 2.89 bits per heavy atom. The Kier molecular flexibility index (Phi) is 3.81. The van der Waals surface area contributed by atoms with Gasteiger partial charge >= 0.3 is 0 Å². The van der Waals surface area contributed by atoms with E-state index in [1.54, 1.807) is 13.0 Å². The third-order valence-electron chi connectivity index (χ3n) is 2.44. The van der Waals surface area contributed by atoms with Gasteiger partial charge in [0.25, 0.3) is 5.91 Å². The van der Waals surface area contributed by atoms with Crippen molar-refractivity contribution in [2.45, 2.75) is 6.92 Å². The quantitative estimate of drug-likeness (QED) is 0.816. The molecule has 0 saturated heterocycles. The zero-order chi connectivity index (χ0) is 13.1. The summed E-state index contributed by atoms with van der Waals surface area (Å²) in [5.41, 5.74) is 8.03. The van der Waals surface area contributed by atoms with E-state index in [-0.39, 0.29) is 5.91 Å². The van der Waals surface area contributed by atoms with Gasteiger partial charge < -0.3 is 11.1 Å². The molecule has 2 rings (SSSR count). The molecular formula is C13H12IN3O. The number of aryl methyl sites for hydroxylation is 1. The van der Waals surface area contributed by atoms with E-state index in [4.69, 9.17) is 5.73 Å². The number of halogens is 1. The van der Waals surface area contributed by atoms with Gasteiger partial charge in [0.2, 0.25) is 0 Å². The normalized spacial score (nSPS) is 10.1. The summed E-state index contributed by atoms with van der Waals surface area (Å²) in [5, 5.41) is 2.83. The molecule has 0 spiro atoms. The summed E-state index contributed by atoms with van der Waals surface area (Å²) < 4.78 is 1.06. The predicted octanol–water partition coefficient (Wildman–Crippen LogP) is 2.83. The fourth-order valence-electron chi connectivity index (χ4n) is 1.54. The Morgan fingerprint density at radius 2 is 2.17 bits per heavy atom. The van der Waals surface area contributed by atoms with Gasteiger partial charge in [0.05, 0.1) is 23.1 Å². The fraction of sp³-hybridized carbons (Fsp3) is 0.0769. The fourth-order valence-corrected chi connectivity index (χ4v) is 2.09. The number of aromatic nitrogens is 1. The maximum atomic E-state index is 12.1. The Bertz CT molecular complexity index is 599. The van der Waals surface area contributed by atoms with Crippen molar-refractivity contribution in [3.05, 3.63) is 51.4 Å². The number of benzene rings is 1. The first-order valence-electron chi connectivity index (χ1n) is 5.35. The van der Waals surface area contributed by atoms with Crippen LogP contribution in [0.25, 0.3) is 0 Å². The van der Waals surface area contributed by atoms with Crippen molar-refractivity contribution in [2.24, 2.45) is 0 Å². The molecule has 0 aliphatic heterocycles. The van der Waals surface area contributed by atoms with Crippen molar-refractivity contribution in [1.29, 1.82) is 0 Å². The van der Waals surface area contributed by atoms with E-state index in [0.717, 1.165) is 9.26 Å². The van der Waals surface area contributed by atoms with Crippen LogP contribution in [-0.4, -0.2) is 10.9 Å². The molecule has 3 N–H and O–H groups in total. The average Bonchev–Trinajstić information content (AvgIpc) is 2.32. The summed E-state index contributed by atoms with van der Waals surface area (Å²) in [6.45, 7) is 1.78. The van der Waals surface area contributed by atoms with Gasteiger partial charge in [-0.1, -0.05) is 6.07 Å². The van der Waals surface area contributed by atoms with Crippen molar-refractivity contribution >= 4 is 39.9 Å². The Balaban J connectivity index is 2.24. The van der Waals surface area contributed by atoms with E-state index in [2.05, 4.69) is 32.9 Å². The molecule has 18 heavy (non-hydrogen) atoms. The van der Waals surface area contributed by atoms with Crippen molar-refractivity contribution < 1.29 is 4.79 Å². The largest absolute Gasteiger partial charge is 0.397 e. The number of anilines is 2. The lowest BCUT2D eigenvalue weighted by Gasteiger charge is -2.08. The van der Waals surface area contributed by atoms with Crippen LogP contribution >= 0.6 is 22.6 Å². The number of nitrogen functional groups attached to an aromatic ring is 1. The first-order valence-corrected chi connectivity index (χ1v) is 6.43. The minimum atomic E-state index is -0.200. The number of nitrogens with one attached hydrogen (secondary N) is 1. The molecule has 1 aromatic carbocycles. The lowest BCUT2D eigenvalue weighted by Crippen LogP contribution is -2.14. The SMILES string of the molecule is Cc1ncc(N)cc1C(=O)Nc1cccc(I)c1. The van der Waals surface area contributed by atoms with Crippen LogP contribution in [-0.2, 0) is 0 Å². The third-order valence-corrected chi connectivity index (χ3v) is 3.11.